The van der Waals surface area contributed by atoms with Gasteiger partial charge in [-0.3, -0.25) is 4.99 Å². The van der Waals surface area contributed by atoms with E-state index in [1.54, 1.807) is 6.26 Å². The van der Waals surface area contributed by atoms with Crippen LogP contribution >= 0.6 is 0 Å². The minimum Gasteiger partial charge on any atom is -0.444 e. The fraction of sp³-hybridized carbons (Fsp3) is 0.524. The summed E-state index contributed by atoms with van der Waals surface area (Å²) in [6, 6.07) is 9.97. The second-order valence-electron chi connectivity index (χ2n) is 7.00. The monoisotopic (exact) mass is 369 g/mol. The zero-order valence-electron chi connectivity index (χ0n) is 16.7. The summed E-state index contributed by atoms with van der Waals surface area (Å²) < 4.78 is 5.62. The van der Waals surface area contributed by atoms with Gasteiger partial charge in [-0.05, 0) is 37.6 Å². The van der Waals surface area contributed by atoms with Crippen LogP contribution < -0.4 is 5.32 Å². The molecule has 1 atom stereocenters. The fourth-order valence-corrected chi connectivity index (χ4v) is 3.62. The number of aromatic nitrogens is 1. The number of oxazole rings is 1. The molecule has 0 saturated carbocycles. The number of nitrogens with zero attached hydrogens (tertiary/aromatic N) is 4. The van der Waals surface area contributed by atoms with Crippen LogP contribution in [0.15, 0.2) is 46.0 Å². The molecule has 1 aromatic heterocycles. The maximum absolute atomic E-state index is 5.62. The summed E-state index contributed by atoms with van der Waals surface area (Å²) in [7, 11) is 1.85. The van der Waals surface area contributed by atoms with Crippen molar-refractivity contribution in [3.63, 3.8) is 0 Å². The molecule has 6 heteroatoms. The van der Waals surface area contributed by atoms with Gasteiger partial charge in [0, 0.05) is 32.2 Å². The molecule has 0 spiro atoms. The van der Waals surface area contributed by atoms with Crippen molar-refractivity contribution in [1.29, 1.82) is 0 Å². The molecule has 3 rings (SSSR count). The number of rotatable bonds is 7. The van der Waals surface area contributed by atoms with Crippen LogP contribution in [0.1, 0.15) is 26.0 Å². The summed E-state index contributed by atoms with van der Waals surface area (Å²) >= 11 is 0. The largest absolute Gasteiger partial charge is 0.444 e. The van der Waals surface area contributed by atoms with E-state index >= 15 is 0 Å². The first-order valence-corrected chi connectivity index (χ1v) is 9.91. The highest BCUT2D eigenvalue weighted by molar-refractivity contribution is 5.80. The Hall–Kier alpha value is -2.34. The smallest absolute Gasteiger partial charge is 0.226 e. The molecule has 1 saturated heterocycles. The second-order valence-corrected chi connectivity index (χ2v) is 7.00. The molecule has 1 N–H and O–H groups in total. The van der Waals surface area contributed by atoms with Crippen molar-refractivity contribution in [3.8, 4) is 11.5 Å². The van der Waals surface area contributed by atoms with Crippen molar-refractivity contribution in [2.24, 2.45) is 10.9 Å². The minimum atomic E-state index is 0.611. The topological polar surface area (TPSA) is 56.9 Å². The Bertz CT molecular complexity index is 723. The Labute approximate surface area is 162 Å². The molecule has 0 bridgehead atoms. The molecular formula is C21H31N5O. The normalized spacial score (nSPS) is 17.7. The highest BCUT2D eigenvalue weighted by Gasteiger charge is 2.26. The summed E-state index contributed by atoms with van der Waals surface area (Å²) in [6.07, 6.45) is 2.94. The highest BCUT2D eigenvalue weighted by Crippen LogP contribution is 2.19. The van der Waals surface area contributed by atoms with Crippen molar-refractivity contribution < 1.29 is 4.42 Å². The van der Waals surface area contributed by atoms with Crippen LogP contribution in [0.2, 0.25) is 0 Å². The molecular weight excluding hydrogens is 338 g/mol. The fourth-order valence-electron chi connectivity index (χ4n) is 3.62. The van der Waals surface area contributed by atoms with Crippen molar-refractivity contribution in [3.05, 3.63) is 42.3 Å². The lowest BCUT2D eigenvalue weighted by atomic mass is 10.1. The molecule has 1 aliphatic heterocycles. The van der Waals surface area contributed by atoms with E-state index < -0.39 is 0 Å². The SMILES string of the molecule is CCN(CC)CC1CCN(C(=NC)NCc2coc(-c3ccccc3)n2)C1. The second kappa shape index (κ2) is 9.55. The molecule has 0 aliphatic carbocycles. The van der Waals surface area contributed by atoms with Crippen molar-refractivity contribution >= 4 is 5.96 Å². The van der Waals surface area contributed by atoms with Gasteiger partial charge in [-0.1, -0.05) is 32.0 Å². The van der Waals surface area contributed by atoms with Gasteiger partial charge in [-0.2, -0.15) is 0 Å². The van der Waals surface area contributed by atoms with Crippen LogP contribution in [0.4, 0.5) is 0 Å². The number of hydrogen-bond acceptors (Lipinski definition) is 4. The van der Waals surface area contributed by atoms with E-state index in [2.05, 4.69) is 38.9 Å². The zero-order chi connectivity index (χ0) is 19.1. The summed E-state index contributed by atoms with van der Waals surface area (Å²) in [5.74, 6) is 2.31. The third-order valence-electron chi connectivity index (χ3n) is 5.21. The Morgan fingerprint density at radius 3 is 2.78 bits per heavy atom. The minimum absolute atomic E-state index is 0.611. The number of benzene rings is 1. The van der Waals surface area contributed by atoms with Crippen LogP contribution in [0, 0.1) is 5.92 Å². The summed E-state index contributed by atoms with van der Waals surface area (Å²) in [5.41, 5.74) is 1.88. The van der Waals surface area contributed by atoms with Crippen LogP contribution in [0.25, 0.3) is 11.5 Å². The molecule has 1 unspecified atom stereocenters. The first-order valence-electron chi connectivity index (χ1n) is 9.91. The molecule has 27 heavy (non-hydrogen) atoms. The Morgan fingerprint density at radius 2 is 2.07 bits per heavy atom. The Balaban J connectivity index is 1.52. The van der Waals surface area contributed by atoms with E-state index in [4.69, 9.17) is 4.42 Å². The van der Waals surface area contributed by atoms with Gasteiger partial charge in [0.05, 0.1) is 12.2 Å². The number of nitrogens with one attached hydrogen (secondary N) is 1. The van der Waals surface area contributed by atoms with Gasteiger partial charge in [-0.15, -0.1) is 0 Å². The third-order valence-corrected chi connectivity index (χ3v) is 5.21. The lowest BCUT2D eigenvalue weighted by molar-refractivity contribution is 0.255. The molecule has 146 valence electrons. The number of aliphatic imine (C=N–C) groups is 1. The van der Waals surface area contributed by atoms with Gasteiger partial charge in [-0.25, -0.2) is 4.98 Å². The number of hydrogen-bond donors (Lipinski definition) is 1. The first kappa shape index (κ1) is 19.4. The van der Waals surface area contributed by atoms with Crippen molar-refractivity contribution in [2.75, 3.05) is 39.8 Å². The van der Waals surface area contributed by atoms with Crippen molar-refractivity contribution in [1.82, 2.24) is 20.1 Å². The standard InChI is InChI=1S/C21H31N5O/c1-4-25(5-2)14-17-11-12-26(15-17)21(22-3)23-13-19-16-27-20(24-19)18-9-7-6-8-10-18/h6-10,16-17H,4-5,11-15H2,1-3H3,(H,22,23). The molecule has 0 amide bonds. The Morgan fingerprint density at radius 1 is 1.30 bits per heavy atom. The maximum atomic E-state index is 5.62. The van der Waals surface area contributed by atoms with Gasteiger partial charge in [0.1, 0.15) is 6.26 Å². The third kappa shape index (κ3) is 5.10. The number of likely N-dealkylation sites (tertiary alicyclic amines) is 1. The molecule has 1 fully saturated rings. The van der Waals surface area contributed by atoms with E-state index in [0.717, 1.165) is 43.4 Å². The van der Waals surface area contributed by atoms with E-state index in [-0.39, 0.29) is 0 Å². The molecule has 0 radical (unpaired) electrons. The van der Waals surface area contributed by atoms with Crippen LogP contribution in [-0.2, 0) is 6.54 Å². The summed E-state index contributed by atoms with van der Waals surface area (Å²) in [6.45, 7) is 10.6. The van der Waals surface area contributed by atoms with Gasteiger partial charge < -0.3 is 19.5 Å². The molecule has 1 aromatic carbocycles. The van der Waals surface area contributed by atoms with Gasteiger partial charge >= 0.3 is 0 Å². The summed E-state index contributed by atoms with van der Waals surface area (Å²) in [5, 5.41) is 3.43. The quantitative estimate of drug-likeness (QED) is 0.600. The van der Waals surface area contributed by atoms with Crippen LogP contribution in [0.3, 0.4) is 0 Å². The van der Waals surface area contributed by atoms with E-state index in [9.17, 15) is 0 Å². The lowest BCUT2D eigenvalue weighted by Crippen LogP contribution is -2.40. The number of guanidine groups is 1. The van der Waals surface area contributed by atoms with Crippen molar-refractivity contribution in [2.45, 2.75) is 26.8 Å². The highest BCUT2D eigenvalue weighted by atomic mass is 16.3. The van der Waals surface area contributed by atoms with Gasteiger partial charge in [0.25, 0.3) is 0 Å². The zero-order valence-corrected chi connectivity index (χ0v) is 16.7. The average molecular weight is 370 g/mol. The predicted molar refractivity (Wildman–Crippen MR) is 110 cm³/mol. The van der Waals surface area contributed by atoms with Crippen LogP contribution in [-0.4, -0.2) is 60.5 Å². The average Bonchev–Trinajstić information content (AvgIpc) is 3.37. The lowest BCUT2D eigenvalue weighted by Gasteiger charge is -2.24. The van der Waals surface area contributed by atoms with Gasteiger partial charge in [0.15, 0.2) is 5.96 Å². The van der Waals surface area contributed by atoms with Crippen LogP contribution in [0.5, 0.6) is 0 Å². The Kier molecular flexibility index (Phi) is 6.87. The van der Waals surface area contributed by atoms with E-state index in [1.807, 2.05) is 37.4 Å². The summed E-state index contributed by atoms with van der Waals surface area (Å²) in [4.78, 5) is 13.9. The molecule has 2 aromatic rings. The molecule has 1 aliphatic rings. The molecule has 6 nitrogen and oxygen atoms in total. The molecule has 2 heterocycles. The van der Waals surface area contributed by atoms with E-state index in [1.165, 1.54) is 13.0 Å². The predicted octanol–water partition coefficient (Wildman–Crippen LogP) is 3.08. The van der Waals surface area contributed by atoms with Gasteiger partial charge in [0.2, 0.25) is 5.89 Å². The van der Waals surface area contributed by atoms with E-state index in [0.29, 0.717) is 18.4 Å². The maximum Gasteiger partial charge on any atom is 0.226 e. The first-order chi connectivity index (χ1) is 13.2.